The normalized spacial score (nSPS) is 15.9. The van der Waals surface area contributed by atoms with E-state index >= 15 is 0 Å². The molecule has 0 saturated heterocycles. The zero-order chi connectivity index (χ0) is 14.3. The molecule has 2 aromatic rings. The summed E-state index contributed by atoms with van der Waals surface area (Å²) < 4.78 is 24.0. The second-order valence-corrected chi connectivity index (χ2v) is 6.42. The van der Waals surface area contributed by atoms with E-state index in [1.165, 1.54) is 35.2 Å². The zero-order valence-corrected chi connectivity index (χ0v) is 11.2. The number of sulfone groups is 1. The number of hydrogen-bond acceptors (Lipinski definition) is 4. The lowest BCUT2D eigenvalue weighted by Crippen LogP contribution is -2.30. The van der Waals surface area contributed by atoms with E-state index in [2.05, 4.69) is 0 Å². The molecule has 1 heterocycles. The number of anilines is 1. The van der Waals surface area contributed by atoms with Gasteiger partial charge in [-0.05, 0) is 36.4 Å². The Hall–Kier alpha value is -2.34. The molecule has 0 radical (unpaired) electrons. The molecule has 5 nitrogen and oxygen atoms in total. The van der Waals surface area contributed by atoms with Crippen molar-refractivity contribution in [1.29, 1.82) is 0 Å². The van der Waals surface area contributed by atoms with Crippen LogP contribution in [-0.4, -0.2) is 25.3 Å². The van der Waals surface area contributed by atoms with Crippen LogP contribution in [0.1, 0.15) is 10.4 Å². The van der Waals surface area contributed by atoms with Crippen molar-refractivity contribution in [3.63, 3.8) is 0 Å². The van der Waals surface area contributed by atoms with E-state index in [1.54, 1.807) is 18.2 Å². The van der Waals surface area contributed by atoms with E-state index in [-0.39, 0.29) is 16.5 Å². The van der Waals surface area contributed by atoms with E-state index in [0.717, 1.165) is 0 Å². The summed E-state index contributed by atoms with van der Waals surface area (Å²) in [6, 6.07) is 12.1. The van der Waals surface area contributed by atoms with Gasteiger partial charge >= 0.3 is 0 Å². The van der Waals surface area contributed by atoms with E-state index < -0.39 is 15.7 Å². The molecule has 3 rings (SSSR count). The fourth-order valence-corrected chi connectivity index (χ4v) is 3.70. The SMILES string of the molecule is O=C(c1ccc(O)cc1)N1CS(=O)(=O)c2ccccc21. The van der Waals surface area contributed by atoms with Crippen LogP contribution in [-0.2, 0) is 9.84 Å². The van der Waals surface area contributed by atoms with Crippen LogP contribution in [0.15, 0.2) is 53.4 Å². The lowest BCUT2D eigenvalue weighted by atomic mass is 10.2. The number of benzene rings is 2. The van der Waals surface area contributed by atoms with Gasteiger partial charge in [0, 0.05) is 5.56 Å². The number of phenols is 1. The predicted octanol–water partition coefficient (Wildman–Crippen LogP) is 1.78. The van der Waals surface area contributed by atoms with Gasteiger partial charge in [-0.3, -0.25) is 9.69 Å². The summed E-state index contributed by atoms with van der Waals surface area (Å²) in [5.41, 5.74) is 0.722. The van der Waals surface area contributed by atoms with Crippen molar-refractivity contribution in [3.8, 4) is 5.75 Å². The Morgan fingerprint density at radius 2 is 1.70 bits per heavy atom. The molecule has 0 saturated carbocycles. The van der Waals surface area contributed by atoms with Crippen LogP contribution in [0.25, 0.3) is 0 Å². The summed E-state index contributed by atoms with van der Waals surface area (Å²) in [5.74, 6) is -0.707. The molecule has 20 heavy (non-hydrogen) atoms. The third-order valence-corrected chi connectivity index (χ3v) is 4.76. The maximum atomic E-state index is 12.4. The Balaban J connectivity index is 2.05. The number of para-hydroxylation sites is 1. The zero-order valence-electron chi connectivity index (χ0n) is 10.4. The van der Waals surface area contributed by atoms with Gasteiger partial charge in [0.25, 0.3) is 5.91 Å². The highest BCUT2D eigenvalue weighted by Gasteiger charge is 2.35. The molecular weight excluding hydrogens is 278 g/mol. The van der Waals surface area contributed by atoms with Crippen molar-refractivity contribution in [2.24, 2.45) is 0 Å². The minimum absolute atomic E-state index is 0.0518. The Bertz CT molecular complexity index is 781. The first-order valence-corrected chi connectivity index (χ1v) is 7.57. The Morgan fingerprint density at radius 1 is 1.05 bits per heavy atom. The highest BCUT2D eigenvalue weighted by atomic mass is 32.2. The Kier molecular flexibility index (Phi) is 2.76. The Morgan fingerprint density at radius 3 is 2.40 bits per heavy atom. The van der Waals surface area contributed by atoms with Gasteiger partial charge in [-0.15, -0.1) is 0 Å². The van der Waals surface area contributed by atoms with Gasteiger partial charge in [-0.2, -0.15) is 0 Å². The molecule has 0 aliphatic carbocycles. The van der Waals surface area contributed by atoms with Crippen LogP contribution in [0.3, 0.4) is 0 Å². The first-order valence-electron chi connectivity index (χ1n) is 5.92. The second kappa shape index (κ2) is 4.35. The smallest absolute Gasteiger partial charge is 0.259 e. The molecule has 0 fully saturated rings. The van der Waals surface area contributed by atoms with E-state index in [1.807, 2.05) is 0 Å². The highest BCUT2D eigenvalue weighted by molar-refractivity contribution is 7.92. The third kappa shape index (κ3) is 1.94. The lowest BCUT2D eigenvalue weighted by molar-refractivity contribution is 0.0991. The van der Waals surface area contributed by atoms with Crippen LogP contribution in [0, 0.1) is 0 Å². The van der Waals surface area contributed by atoms with Crippen molar-refractivity contribution in [3.05, 3.63) is 54.1 Å². The molecular formula is C14H11NO4S. The first-order chi connectivity index (χ1) is 9.49. The summed E-state index contributed by atoms with van der Waals surface area (Å²) in [5, 5.41) is 9.22. The number of fused-ring (bicyclic) bond motifs is 1. The van der Waals surface area contributed by atoms with Crippen LogP contribution in [0.5, 0.6) is 5.75 Å². The summed E-state index contributed by atoms with van der Waals surface area (Å²) in [7, 11) is -3.46. The molecule has 1 amide bonds. The van der Waals surface area contributed by atoms with Gasteiger partial charge < -0.3 is 5.11 Å². The topological polar surface area (TPSA) is 74.7 Å². The number of phenolic OH excluding ortho intramolecular Hbond substituents is 1. The molecule has 0 aromatic heterocycles. The van der Waals surface area contributed by atoms with Crippen LogP contribution >= 0.6 is 0 Å². The predicted molar refractivity (Wildman–Crippen MR) is 73.4 cm³/mol. The highest BCUT2D eigenvalue weighted by Crippen LogP contribution is 2.34. The average Bonchev–Trinajstić information content (AvgIpc) is 2.72. The maximum absolute atomic E-state index is 12.4. The lowest BCUT2D eigenvalue weighted by Gasteiger charge is -2.15. The molecule has 0 spiro atoms. The minimum Gasteiger partial charge on any atom is -0.508 e. The summed E-state index contributed by atoms with van der Waals surface area (Å²) >= 11 is 0. The van der Waals surface area contributed by atoms with Gasteiger partial charge in [-0.25, -0.2) is 8.42 Å². The molecule has 0 bridgehead atoms. The van der Waals surface area contributed by atoms with Crippen molar-refractivity contribution in [1.82, 2.24) is 0 Å². The molecule has 1 aliphatic rings. The number of carbonyl (C=O) groups is 1. The fourth-order valence-electron chi connectivity index (χ4n) is 2.18. The summed E-state index contributed by atoms with van der Waals surface area (Å²) in [6.07, 6.45) is 0. The molecule has 0 unspecified atom stereocenters. The third-order valence-electron chi connectivity index (χ3n) is 3.15. The van der Waals surface area contributed by atoms with E-state index in [9.17, 15) is 18.3 Å². The maximum Gasteiger partial charge on any atom is 0.259 e. The summed E-state index contributed by atoms with van der Waals surface area (Å²) in [4.78, 5) is 13.8. The number of hydrogen-bond donors (Lipinski definition) is 1. The largest absolute Gasteiger partial charge is 0.508 e. The van der Waals surface area contributed by atoms with Gasteiger partial charge in [0.05, 0.1) is 10.6 Å². The van der Waals surface area contributed by atoms with Crippen molar-refractivity contribution >= 4 is 21.4 Å². The van der Waals surface area contributed by atoms with Gasteiger partial charge in [0.2, 0.25) is 0 Å². The number of amides is 1. The first kappa shape index (κ1) is 12.7. The van der Waals surface area contributed by atoms with Crippen LogP contribution < -0.4 is 4.90 Å². The number of nitrogens with zero attached hydrogens (tertiary/aromatic N) is 1. The monoisotopic (exact) mass is 289 g/mol. The average molecular weight is 289 g/mol. The van der Waals surface area contributed by atoms with Crippen LogP contribution in [0.4, 0.5) is 5.69 Å². The quantitative estimate of drug-likeness (QED) is 0.868. The minimum atomic E-state index is -3.46. The van der Waals surface area contributed by atoms with Crippen LogP contribution in [0.2, 0.25) is 0 Å². The van der Waals surface area contributed by atoms with Gasteiger partial charge in [0.15, 0.2) is 9.84 Å². The molecule has 102 valence electrons. The van der Waals surface area contributed by atoms with Crippen molar-refractivity contribution < 1.29 is 18.3 Å². The number of rotatable bonds is 1. The molecule has 1 aliphatic heterocycles. The number of carbonyl (C=O) groups excluding carboxylic acids is 1. The molecule has 2 aromatic carbocycles. The van der Waals surface area contributed by atoms with E-state index in [4.69, 9.17) is 0 Å². The fraction of sp³-hybridized carbons (Fsp3) is 0.0714. The molecule has 6 heteroatoms. The number of aromatic hydroxyl groups is 1. The van der Waals surface area contributed by atoms with Crippen molar-refractivity contribution in [2.75, 3.05) is 10.8 Å². The Labute approximate surface area is 116 Å². The second-order valence-electron chi connectivity index (χ2n) is 4.49. The van der Waals surface area contributed by atoms with Crippen molar-refractivity contribution in [2.45, 2.75) is 4.90 Å². The summed E-state index contributed by atoms with van der Waals surface area (Å²) in [6.45, 7) is 0. The molecule has 0 atom stereocenters. The molecule has 1 N–H and O–H groups in total. The van der Waals surface area contributed by atoms with Gasteiger partial charge in [0.1, 0.15) is 11.6 Å². The van der Waals surface area contributed by atoms with Gasteiger partial charge in [-0.1, -0.05) is 12.1 Å². The van der Waals surface area contributed by atoms with E-state index in [0.29, 0.717) is 11.3 Å². The standard InChI is InChI=1S/C14H11NO4S/c16-11-7-5-10(6-8-11)14(17)15-9-20(18,19)13-4-2-1-3-12(13)15/h1-8,16H,9H2.